The van der Waals surface area contributed by atoms with Crippen LogP contribution in [-0.4, -0.2) is 21.0 Å². The van der Waals surface area contributed by atoms with E-state index in [1.165, 1.54) is 28.6 Å². The van der Waals surface area contributed by atoms with Gasteiger partial charge in [-0.1, -0.05) is 30.3 Å². The molecule has 1 heterocycles. The Hall–Kier alpha value is -1.92. The van der Waals surface area contributed by atoms with Crippen molar-refractivity contribution in [2.75, 3.05) is 10.8 Å². The van der Waals surface area contributed by atoms with E-state index >= 15 is 0 Å². The highest BCUT2D eigenvalue weighted by atomic mass is 32.2. The maximum atomic E-state index is 13.0. The zero-order chi connectivity index (χ0) is 16.4. The molecule has 2 aromatic carbocycles. The fourth-order valence-corrected chi connectivity index (χ4v) is 4.43. The number of sulfonamides is 1. The Morgan fingerprint density at radius 2 is 1.87 bits per heavy atom. The summed E-state index contributed by atoms with van der Waals surface area (Å²) in [7, 11) is -3.55. The van der Waals surface area contributed by atoms with Gasteiger partial charge < -0.3 is 5.32 Å². The van der Waals surface area contributed by atoms with Crippen molar-refractivity contribution in [2.45, 2.75) is 25.3 Å². The van der Waals surface area contributed by atoms with Crippen LogP contribution in [-0.2, 0) is 22.3 Å². The first-order valence-corrected chi connectivity index (χ1v) is 9.13. The summed E-state index contributed by atoms with van der Waals surface area (Å²) >= 11 is 0. The molecule has 0 saturated carbocycles. The van der Waals surface area contributed by atoms with E-state index in [1.54, 1.807) is 0 Å². The Morgan fingerprint density at radius 1 is 1.17 bits per heavy atom. The molecule has 2 aromatic rings. The third kappa shape index (κ3) is 3.54. The van der Waals surface area contributed by atoms with E-state index in [0.29, 0.717) is 24.3 Å². The fraction of sp³-hybridized carbons (Fsp3) is 0.294. The van der Waals surface area contributed by atoms with Crippen molar-refractivity contribution in [3.8, 4) is 0 Å². The molecule has 1 aliphatic rings. The van der Waals surface area contributed by atoms with Gasteiger partial charge in [-0.2, -0.15) is 0 Å². The lowest BCUT2D eigenvalue weighted by atomic mass is 10.2. The summed E-state index contributed by atoms with van der Waals surface area (Å²) in [6.07, 6.45) is 0. The molecular formula is C17H19FN2O2S. The van der Waals surface area contributed by atoms with Crippen molar-refractivity contribution in [3.05, 3.63) is 65.5 Å². The van der Waals surface area contributed by atoms with Gasteiger partial charge in [-0.25, -0.2) is 12.8 Å². The van der Waals surface area contributed by atoms with Crippen LogP contribution in [0, 0.1) is 5.82 Å². The second kappa shape index (κ2) is 6.29. The number of hydrogen-bond donors (Lipinski definition) is 1. The SMILES string of the molecule is CC1CN(S(=O)(=O)Cc2ccc(F)cc2)c2ccccc2CN1. The maximum absolute atomic E-state index is 13.0. The summed E-state index contributed by atoms with van der Waals surface area (Å²) in [5.41, 5.74) is 2.25. The standard InChI is InChI=1S/C17H19FN2O2S/c1-13-11-20(17-5-3-2-4-15(17)10-19-13)23(21,22)12-14-6-8-16(18)9-7-14/h2-9,13,19H,10-12H2,1H3. The van der Waals surface area contributed by atoms with Crippen LogP contribution in [0.25, 0.3) is 0 Å². The van der Waals surface area contributed by atoms with Gasteiger partial charge in [-0.05, 0) is 36.2 Å². The molecule has 4 nitrogen and oxygen atoms in total. The highest BCUT2D eigenvalue weighted by Crippen LogP contribution is 2.27. The highest BCUT2D eigenvalue weighted by Gasteiger charge is 2.28. The molecule has 0 amide bonds. The van der Waals surface area contributed by atoms with Gasteiger partial charge in [-0.15, -0.1) is 0 Å². The van der Waals surface area contributed by atoms with Crippen molar-refractivity contribution in [3.63, 3.8) is 0 Å². The first-order valence-electron chi connectivity index (χ1n) is 7.52. The number of nitrogens with zero attached hydrogens (tertiary/aromatic N) is 1. The van der Waals surface area contributed by atoms with Crippen molar-refractivity contribution in [2.24, 2.45) is 0 Å². The number of rotatable bonds is 3. The minimum absolute atomic E-state index is 0.0467. The van der Waals surface area contributed by atoms with E-state index in [1.807, 2.05) is 31.2 Å². The van der Waals surface area contributed by atoms with Gasteiger partial charge in [0.2, 0.25) is 10.0 Å². The van der Waals surface area contributed by atoms with E-state index in [9.17, 15) is 12.8 Å². The third-order valence-electron chi connectivity index (χ3n) is 3.94. The smallest absolute Gasteiger partial charge is 0.239 e. The molecule has 0 aliphatic carbocycles. The minimum Gasteiger partial charge on any atom is -0.308 e. The third-order valence-corrected chi connectivity index (χ3v) is 5.65. The summed E-state index contributed by atoms with van der Waals surface area (Å²) < 4.78 is 40.3. The number of hydrogen-bond acceptors (Lipinski definition) is 3. The lowest BCUT2D eigenvalue weighted by molar-refractivity contribution is 0.555. The van der Waals surface area contributed by atoms with E-state index in [4.69, 9.17) is 0 Å². The zero-order valence-electron chi connectivity index (χ0n) is 12.9. The molecule has 0 fully saturated rings. The first kappa shape index (κ1) is 16.0. The Balaban J connectivity index is 1.95. The number of fused-ring (bicyclic) bond motifs is 1. The molecule has 0 radical (unpaired) electrons. The van der Waals surface area contributed by atoms with Gasteiger partial charge >= 0.3 is 0 Å². The number of anilines is 1. The summed E-state index contributed by atoms with van der Waals surface area (Å²) in [4.78, 5) is 0. The van der Waals surface area contributed by atoms with E-state index < -0.39 is 10.0 Å². The van der Waals surface area contributed by atoms with Gasteiger partial charge in [0, 0.05) is 19.1 Å². The number of para-hydroxylation sites is 1. The summed E-state index contributed by atoms with van der Waals surface area (Å²) in [5.74, 6) is -0.516. The molecular weight excluding hydrogens is 315 g/mol. The highest BCUT2D eigenvalue weighted by molar-refractivity contribution is 7.92. The molecule has 122 valence electrons. The molecule has 23 heavy (non-hydrogen) atoms. The second-order valence-corrected chi connectivity index (χ2v) is 7.72. The van der Waals surface area contributed by atoms with E-state index in [0.717, 1.165) is 5.56 Å². The second-order valence-electron chi connectivity index (χ2n) is 5.82. The first-order chi connectivity index (χ1) is 11.0. The predicted octanol–water partition coefficient (Wildman–Crippen LogP) is 2.65. The average molecular weight is 334 g/mol. The lowest BCUT2D eigenvalue weighted by Crippen LogP contribution is -2.40. The van der Waals surface area contributed by atoms with Gasteiger partial charge in [-0.3, -0.25) is 4.31 Å². The zero-order valence-corrected chi connectivity index (χ0v) is 13.7. The quantitative estimate of drug-likeness (QED) is 0.939. The van der Waals surface area contributed by atoms with E-state index in [-0.39, 0.29) is 17.6 Å². The molecule has 0 aromatic heterocycles. The van der Waals surface area contributed by atoms with Gasteiger partial charge in [0.15, 0.2) is 0 Å². The molecule has 0 saturated heterocycles. The molecule has 0 bridgehead atoms. The Labute approximate surface area is 136 Å². The Morgan fingerprint density at radius 3 is 2.61 bits per heavy atom. The fourth-order valence-electron chi connectivity index (χ4n) is 2.73. The van der Waals surface area contributed by atoms with Crippen molar-refractivity contribution in [1.82, 2.24) is 5.32 Å². The van der Waals surface area contributed by atoms with Crippen LogP contribution in [0.1, 0.15) is 18.1 Å². The van der Waals surface area contributed by atoms with Gasteiger partial charge in [0.05, 0.1) is 11.4 Å². The van der Waals surface area contributed by atoms with Crippen molar-refractivity contribution in [1.29, 1.82) is 0 Å². The number of halogens is 1. The topological polar surface area (TPSA) is 49.4 Å². The lowest BCUT2D eigenvalue weighted by Gasteiger charge is -2.26. The van der Waals surface area contributed by atoms with Crippen LogP contribution in [0.5, 0.6) is 0 Å². The van der Waals surface area contributed by atoms with Crippen molar-refractivity contribution < 1.29 is 12.8 Å². The van der Waals surface area contributed by atoms with Crippen LogP contribution in [0.2, 0.25) is 0 Å². The normalized spacial score (nSPS) is 18.3. The summed E-state index contributed by atoms with van der Waals surface area (Å²) in [6, 6.07) is 13.1. The van der Waals surface area contributed by atoms with Gasteiger partial charge in [0.1, 0.15) is 5.82 Å². The maximum Gasteiger partial charge on any atom is 0.239 e. The molecule has 1 N–H and O–H groups in total. The summed E-state index contributed by atoms with van der Waals surface area (Å²) in [6.45, 7) is 2.98. The monoisotopic (exact) mass is 334 g/mol. The molecule has 1 atom stereocenters. The largest absolute Gasteiger partial charge is 0.308 e. The van der Waals surface area contributed by atoms with Crippen LogP contribution in [0.4, 0.5) is 10.1 Å². The van der Waals surface area contributed by atoms with Crippen LogP contribution < -0.4 is 9.62 Å². The van der Waals surface area contributed by atoms with Crippen molar-refractivity contribution >= 4 is 15.7 Å². The van der Waals surface area contributed by atoms with Gasteiger partial charge in [0.25, 0.3) is 0 Å². The Bertz CT molecular complexity index is 790. The molecule has 6 heteroatoms. The molecule has 0 spiro atoms. The number of benzene rings is 2. The van der Waals surface area contributed by atoms with Crippen LogP contribution >= 0.6 is 0 Å². The molecule has 1 aliphatic heterocycles. The average Bonchev–Trinajstić information content (AvgIpc) is 2.70. The molecule has 1 unspecified atom stereocenters. The minimum atomic E-state index is -3.55. The van der Waals surface area contributed by atoms with Crippen LogP contribution in [0.3, 0.4) is 0 Å². The number of nitrogens with one attached hydrogen (secondary N) is 1. The predicted molar refractivity (Wildman–Crippen MR) is 89.1 cm³/mol. The van der Waals surface area contributed by atoms with E-state index in [2.05, 4.69) is 5.32 Å². The Kier molecular flexibility index (Phi) is 4.37. The summed E-state index contributed by atoms with van der Waals surface area (Å²) in [5, 5.41) is 3.32. The molecule has 3 rings (SSSR count). The van der Waals surface area contributed by atoms with Crippen LogP contribution in [0.15, 0.2) is 48.5 Å².